The number of nitrogens with one attached hydrogen (secondary N) is 5. The highest BCUT2D eigenvalue weighted by Gasteiger charge is 2.50. The Labute approximate surface area is 605 Å². The fraction of sp³-hybridized carbons (Fsp3) is 0.467. The van der Waals surface area contributed by atoms with Crippen LogP contribution in [0.15, 0.2) is 93.9 Å². The Morgan fingerprint density at radius 1 is 0.876 bits per heavy atom. The summed E-state index contributed by atoms with van der Waals surface area (Å²) in [6.45, 7) is 16.7. The standard InChI is InChI=1S/C75H91N9O21/c1-37(2)59(80-53(87)20-13-12-14-29-84-54(88)25-26-55(84)89)72(96)79-49(19-16-28-77-73(76)97)71(95)78-46-23-21-45(22-24-46)36-100-74(98)103-48-34-83(35-48)47-32-50(86)60-52(33-47)104-68-61(81-60)56-57-64(91)43(8)67-58(56)69(93)75(10,105-67)101-30-27-51(99-11)41(6)66(102-44(9)85)42(7)63(90)40(5)31-38(3)17-15-18-39(4)70(94)82-62(68)65(57)92/h15,17-18,21-27,30,32-33,37-38,40-42,48-49,51,59,63,66,86,90-91H,12-14,16,19-20,28-29,31,34-36H2,1-11H3,(H,78,95)(H,79,96)(H,80,87)(H,82,94)(H3,76,77,97)/b17-15+,30-27+,39-18-/t38-,40+,41+,42+,49-,51-,59?,63+,66+,75-/m0/s1. The van der Waals surface area contributed by atoms with Crippen LogP contribution in [0.25, 0.3) is 33.3 Å². The summed E-state index contributed by atoms with van der Waals surface area (Å²) in [6, 6.07) is 6.27. The number of aliphatic hydroxyl groups is 1. The number of fused-ring (bicyclic) bond motifs is 2. The average Bonchev–Trinajstić information content (AvgIpc) is 1.64. The van der Waals surface area contributed by atoms with E-state index in [1.54, 1.807) is 62.9 Å². The number of aliphatic hydroxyl groups excluding tert-OH is 1. The van der Waals surface area contributed by atoms with E-state index in [0.29, 0.717) is 42.6 Å². The number of amides is 8. The Morgan fingerprint density at radius 3 is 2.25 bits per heavy atom. The third-order valence-corrected chi connectivity index (χ3v) is 19.2. The fourth-order valence-corrected chi connectivity index (χ4v) is 13.3. The molecule has 3 aromatic rings. The lowest BCUT2D eigenvalue weighted by molar-refractivity contribution is -0.159. The summed E-state index contributed by atoms with van der Waals surface area (Å²) in [5.41, 5.74) is 4.41. The maximum Gasteiger partial charge on any atom is 0.509 e. The second-order valence-electron chi connectivity index (χ2n) is 27.6. The number of nitrogens with zero attached hydrogens (tertiary/aromatic N) is 3. The number of methoxy groups -OCH3 is 1. The molecular formula is C75H91N9O21. The van der Waals surface area contributed by atoms with Crippen molar-refractivity contribution < 1.29 is 96.1 Å². The van der Waals surface area contributed by atoms with Crippen molar-refractivity contribution in [1.29, 1.82) is 0 Å². The molecule has 1 saturated heterocycles. The van der Waals surface area contributed by atoms with Crippen LogP contribution in [0.3, 0.4) is 0 Å². The lowest BCUT2D eigenvalue weighted by Gasteiger charge is -2.39. The Balaban J connectivity index is 0.885. The van der Waals surface area contributed by atoms with Gasteiger partial charge in [0, 0.05) is 104 Å². The van der Waals surface area contributed by atoms with E-state index in [0.717, 1.165) is 4.90 Å². The zero-order valence-electron chi connectivity index (χ0n) is 60.5. The van der Waals surface area contributed by atoms with Gasteiger partial charge in [-0.25, -0.2) is 14.6 Å². The van der Waals surface area contributed by atoms with Gasteiger partial charge in [0.05, 0.1) is 42.5 Å². The number of nitrogens with two attached hydrogens (primary N) is 1. The number of urea groups is 1. The number of hydrogen-bond acceptors (Lipinski definition) is 23. The molecule has 1 fully saturated rings. The van der Waals surface area contributed by atoms with E-state index >= 15 is 9.59 Å². The number of benzene rings is 4. The normalized spacial score (nSPS) is 23.2. The first-order valence-electron chi connectivity index (χ1n) is 34.9. The number of aromatic hydroxyl groups is 2. The van der Waals surface area contributed by atoms with Gasteiger partial charge in [-0.3, -0.25) is 48.1 Å². The van der Waals surface area contributed by atoms with Crippen molar-refractivity contribution in [2.75, 3.05) is 48.8 Å². The molecule has 0 aromatic heterocycles. The molecule has 0 radical (unpaired) electrons. The molecule has 30 nitrogen and oxygen atoms in total. The molecule has 0 spiro atoms. The highest BCUT2D eigenvalue weighted by atomic mass is 16.7. The van der Waals surface area contributed by atoms with Crippen LogP contribution >= 0.6 is 0 Å². The molecule has 5 heterocycles. The van der Waals surface area contributed by atoms with E-state index in [1.165, 1.54) is 77.5 Å². The fourth-order valence-electron chi connectivity index (χ4n) is 13.3. The number of primary amides is 1. The van der Waals surface area contributed by atoms with Gasteiger partial charge >= 0.3 is 23.9 Å². The molecule has 10 N–H and O–H groups in total. The summed E-state index contributed by atoms with van der Waals surface area (Å²) in [5, 5.41) is 48.2. The summed E-state index contributed by atoms with van der Waals surface area (Å²) in [4.78, 5) is 153. The van der Waals surface area contributed by atoms with Gasteiger partial charge in [0.15, 0.2) is 11.3 Å². The van der Waals surface area contributed by atoms with Crippen molar-refractivity contribution in [2.24, 2.45) is 35.3 Å². The largest absolute Gasteiger partial charge is 0.509 e. The lowest BCUT2D eigenvalue weighted by atomic mass is 9.79. The molecule has 1 aliphatic carbocycles. The average molecular weight is 1450 g/mol. The van der Waals surface area contributed by atoms with Crippen LogP contribution in [0.2, 0.25) is 0 Å². The van der Waals surface area contributed by atoms with Gasteiger partial charge in [-0.15, -0.1) is 0 Å². The van der Waals surface area contributed by atoms with Gasteiger partial charge in [-0.1, -0.05) is 78.3 Å². The first-order chi connectivity index (χ1) is 49.8. The van der Waals surface area contributed by atoms with Crippen LogP contribution in [0.1, 0.15) is 129 Å². The predicted molar refractivity (Wildman–Crippen MR) is 383 cm³/mol. The van der Waals surface area contributed by atoms with E-state index < -0.39 is 130 Å². The summed E-state index contributed by atoms with van der Waals surface area (Å²) in [5.74, 6) is -10.2. The van der Waals surface area contributed by atoms with Gasteiger partial charge in [-0.05, 0) is 87.5 Å². The molecule has 10 atom stereocenters. The van der Waals surface area contributed by atoms with Gasteiger partial charge in [-0.2, -0.15) is 0 Å². The number of ketones is 1. The molecule has 30 heteroatoms. The van der Waals surface area contributed by atoms with Gasteiger partial charge in [0.25, 0.3) is 23.5 Å². The van der Waals surface area contributed by atoms with Crippen molar-refractivity contribution in [2.45, 2.75) is 163 Å². The topological polar surface area (TPSA) is 423 Å². The van der Waals surface area contributed by atoms with Crippen molar-refractivity contribution in [3.05, 3.63) is 112 Å². The number of anilines is 3. The van der Waals surface area contributed by atoms with Gasteiger partial charge < -0.3 is 85.4 Å². The number of phenolic OH excluding ortho intramolecular Hbond substituents is 2. The second-order valence-corrected chi connectivity index (χ2v) is 27.6. The molecule has 5 aliphatic heterocycles. The monoisotopic (exact) mass is 1450 g/mol. The van der Waals surface area contributed by atoms with Crippen LogP contribution < -0.4 is 47.4 Å². The van der Waals surface area contributed by atoms with Crippen LogP contribution in [-0.2, 0) is 63.9 Å². The molecule has 6 aliphatic rings. The molecule has 0 saturated carbocycles. The number of carbonyl (C=O) groups excluding carboxylic acids is 10. The summed E-state index contributed by atoms with van der Waals surface area (Å²) >= 11 is 0. The zero-order chi connectivity index (χ0) is 76.5. The minimum absolute atomic E-state index is 0.0301. The number of rotatable bonds is 22. The first-order valence-corrected chi connectivity index (χ1v) is 34.9. The number of hydrogen-bond donors (Lipinski definition) is 9. The van der Waals surface area contributed by atoms with Crippen molar-refractivity contribution in [3.8, 4) is 28.7 Å². The quantitative estimate of drug-likeness (QED) is 0.0105. The van der Waals surface area contributed by atoms with Gasteiger partial charge in [0.2, 0.25) is 23.2 Å². The number of allylic oxidation sites excluding steroid dienone is 3. The Morgan fingerprint density at radius 2 is 1.58 bits per heavy atom. The minimum Gasteiger partial charge on any atom is -0.507 e. The molecule has 3 aromatic carbocycles. The number of esters is 1. The molecular weight excluding hydrogens is 1360 g/mol. The first kappa shape index (κ1) is 78.3. The zero-order valence-corrected chi connectivity index (χ0v) is 60.5. The van der Waals surface area contributed by atoms with Crippen LogP contribution in [-0.4, -0.2) is 160 Å². The number of phenols is 2. The second kappa shape index (κ2) is 33.7. The third kappa shape index (κ3) is 18.2. The number of imide groups is 1. The Kier molecular flexibility index (Phi) is 25.1. The summed E-state index contributed by atoms with van der Waals surface area (Å²) < 4.78 is 41.6. The van der Waals surface area contributed by atoms with Crippen molar-refractivity contribution in [1.82, 2.24) is 25.8 Å². The van der Waals surface area contributed by atoms with Gasteiger partial charge in [0.1, 0.15) is 65.0 Å². The number of carbonyl (C=O) groups is 10. The highest BCUT2D eigenvalue weighted by molar-refractivity contribution is 6.22. The van der Waals surface area contributed by atoms with Crippen LogP contribution in [0.5, 0.6) is 17.2 Å². The van der Waals surface area contributed by atoms with E-state index in [9.17, 15) is 58.5 Å². The molecule has 1 unspecified atom stereocenters. The molecule has 4 bridgehead atoms. The Bertz CT molecular complexity index is 4330. The van der Waals surface area contributed by atoms with Crippen LogP contribution in [0, 0.1) is 36.5 Å². The highest BCUT2D eigenvalue weighted by Crippen LogP contribution is 2.51. The van der Waals surface area contributed by atoms with Crippen molar-refractivity contribution in [3.63, 3.8) is 0 Å². The molecule has 105 heavy (non-hydrogen) atoms. The summed E-state index contributed by atoms with van der Waals surface area (Å²) in [7, 11) is 1.44. The van der Waals surface area contributed by atoms with E-state index in [4.69, 9.17) is 43.6 Å². The Hall–Kier alpha value is -10.9. The maximum absolute atomic E-state index is 15.1. The van der Waals surface area contributed by atoms with Crippen LogP contribution in [0.4, 0.5) is 26.7 Å². The van der Waals surface area contributed by atoms with E-state index in [2.05, 4.69) is 26.6 Å². The van der Waals surface area contributed by atoms with Crippen molar-refractivity contribution >= 4 is 98.3 Å². The molecule has 562 valence electrons. The number of aromatic nitrogens is 1. The predicted octanol–water partition coefficient (Wildman–Crippen LogP) is 7.72. The molecule has 8 amide bonds. The number of Topliss-reactive ketones (excluding diaryl/α,β-unsaturated/α-hetero) is 1. The summed E-state index contributed by atoms with van der Waals surface area (Å²) in [6.07, 6.45) is 8.20. The number of unbranched alkanes of at least 4 members (excludes halogenated alkanes) is 2. The van der Waals surface area contributed by atoms with E-state index in [-0.39, 0.29) is 132 Å². The molecule has 9 rings (SSSR count). The number of ether oxygens (including phenoxy) is 6. The van der Waals surface area contributed by atoms with E-state index in [1.807, 2.05) is 19.9 Å². The smallest absolute Gasteiger partial charge is 0.507 e. The minimum atomic E-state index is -2.15. The lowest BCUT2D eigenvalue weighted by Crippen LogP contribution is -2.54. The SMILES string of the molecule is CO[C@H]1/C=C/O[C@@]2(C)Oc3c(C)c(O)c4c(=O)c(c5oc6cc(N7CC(OC(=O)OCc8ccc(NC(=O)[C@H](CCCNC(N)=O)NC(=O)C(NC(=O)CCCCCN9C(=O)C=CC9=O)C(C)C)cc8)C7)cc(O)c6nc-5c4c3C2=O)NC(=O)/C(C)=C\C=C\[C@H](C)C[C@@H](C)[C@@H](O)[C@@H](C)[C@H](OC(C)=O)[C@@H]1C. The maximum atomic E-state index is 15.1. The third-order valence-electron chi connectivity index (χ3n) is 19.2.